The Morgan fingerprint density at radius 3 is 2.62 bits per heavy atom. The standard InChI is InChI=1S/C16H12N4S/c17-9-12-3-1-2-4-14(12)19-16-20-15(10-21-16)11-5-7-13(18)8-6-11/h1-8,10H,18H2,(H,19,20). The molecule has 0 atom stereocenters. The number of hydrogen-bond acceptors (Lipinski definition) is 5. The number of anilines is 3. The molecule has 0 aliphatic rings. The average molecular weight is 292 g/mol. The van der Waals surface area contributed by atoms with E-state index in [0.717, 1.165) is 27.8 Å². The zero-order valence-corrected chi connectivity index (χ0v) is 11.9. The number of nitriles is 1. The Bertz CT molecular complexity index is 800. The second-order valence-corrected chi connectivity index (χ2v) is 5.30. The van der Waals surface area contributed by atoms with E-state index >= 15 is 0 Å². The van der Waals surface area contributed by atoms with E-state index in [1.54, 1.807) is 6.07 Å². The topological polar surface area (TPSA) is 74.7 Å². The van der Waals surface area contributed by atoms with Crippen LogP contribution in [0, 0.1) is 11.3 Å². The first-order valence-corrected chi connectivity index (χ1v) is 7.22. The summed E-state index contributed by atoms with van der Waals surface area (Å²) in [5.74, 6) is 0. The van der Waals surface area contributed by atoms with Gasteiger partial charge in [-0.25, -0.2) is 4.98 Å². The molecule has 0 spiro atoms. The molecule has 1 heterocycles. The minimum absolute atomic E-state index is 0.599. The van der Waals surface area contributed by atoms with Crippen molar-refractivity contribution >= 4 is 27.8 Å². The molecule has 2 aromatic carbocycles. The summed E-state index contributed by atoms with van der Waals surface area (Å²) >= 11 is 1.50. The molecule has 0 bridgehead atoms. The fourth-order valence-electron chi connectivity index (χ4n) is 1.92. The van der Waals surface area contributed by atoms with Gasteiger partial charge in [0.25, 0.3) is 0 Å². The monoisotopic (exact) mass is 292 g/mol. The molecule has 0 aliphatic heterocycles. The lowest BCUT2D eigenvalue weighted by Crippen LogP contribution is -1.92. The molecule has 102 valence electrons. The summed E-state index contributed by atoms with van der Waals surface area (Å²) in [5.41, 5.74) is 9.68. The summed E-state index contributed by atoms with van der Waals surface area (Å²) in [6.45, 7) is 0. The maximum absolute atomic E-state index is 9.09. The quantitative estimate of drug-likeness (QED) is 0.715. The van der Waals surface area contributed by atoms with Crippen LogP contribution in [0.5, 0.6) is 0 Å². The van der Waals surface area contributed by atoms with E-state index in [9.17, 15) is 0 Å². The maximum Gasteiger partial charge on any atom is 0.187 e. The van der Waals surface area contributed by atoms with E-state index in [4.69, 9.17) is 11.0 Å². The van der Waals surface area contributed by atoms with Gasteiger partial charge in [-0.15, -0.1) is 11.3 Å². The zero-order valence-electron chi connectivity index (χ0n) is 11.1. The van der Waals surface area contributed by atoms with Crippen LogP contribution in [0.1, 0.15) is 5.56 Å². The highest BCUT2D eigenvalue weighted by Gasteiger charge is 2.07. The number of rotatable bonds is 3. The largest absolute Gasteiger partial charge is 0.399 e. The molecule has 0 aliphatic carbocycles. The molecule has 0 radical (unpaired) electrons. The Labute approximate surface area is 126 Å². The van der Waals surface area contributed by atoms with E-state index in [2.05, 4.69) is 16.4 Å². The Balaban J connectivity index is 1.86. The van der Waals surface area contributed by atoms with Crippen LogP contribution in [0.25, 0.3) is 11.3 Å². The number of nitrogens with two attached hydrogens (primary N) is 1. The SMILES string of the molecule is N#Cc1ccccc1Nc1nc(-c2ccc(N)cc2)cs1. The second-order valence-electron chi connectivity index (χ2n) is 4.44. The summed E-state index contributed by atoms with van der Waals surface area (Å²) < 4.78 is 0. The average Bonchev–Trinajstić information content (AvgIpc) is 2.97. The summed E-state index contributed by atoms with van der Waals surface area (Å²) in [7, 11) is 0. The molecule has 3 aromatic rings. The van der Waals surface area contributed by atoms with Crippen molar-refractivity contribution in [1.29, 1.82) is 5.26 Å². The van der Waals surface area contributed by atoms with E-state index in [1.807, 2.05) is 47.8 Å². The van der Waals surface area contributed by atoms with Gasteiger partial charge in [0, 0.05) is 16.6 Å². The second kappa shape index (κ2) is 5.65. The first kappa shape index (κ1) is 13.2. The van der Waals surface area contributed by atoms with Gasteiger partial charge in [0.15, 0.2) is 5.13 Å². The van der Waals surface area contributed by atoms with E-state index in [1.165, 1.54) is 11.3 Å². The highest BCUT2D eigenvalue weighted by atomic mass is 32.1. The normalized spacial score (nSPS) is 10.0. The van der Waals surface area contributed by atoms with Crippen molar-refractivity contribution in [1.82, 2.24) is 4.98 Å². The number of thiazole rings is 1. The number of nitrogens with zero attached hydrogens (tertiary/aromatic N) is 2. The fraction of sp³-hybridized carbons (Fsp3) is 0. The van der Waals surface area contributed by atoms with Crippen molar-refractivity contribution in [2.45, 2.75) is 0 Å². The summed E-state index contributed by atoms with van der Waals surface area (Å²) in [4.78, 5) is 4.54. The third-order valence-electron chi connectivity index (χ3n) is 3.00. The molecule has 0 unspecified atom stereocenters. The minimum Gasteiger partial charge on any atom is -0.399 e. The highest BCUT2D eigenvalue weighted by Crippen LogP contribution is 2.28. The summed E-state index contributed by atoms with van der Waals surface area (Å²) in [6, 6.07) is 17.1. The van der Waals surface area contributed by atoms with Crippen LogP contribution >= 0.6 is 11.3 Å². The molecule has 3 rings (SSSR count). The maximum atomic E-state index is 9.09. The molecule has 4 nitrogen and oxygen atoms in total. The smallest absolute Gasteiger partial charge is 0.187 e. The number of benzene rings is 2. The molecule has 0 fully saturated rings. The van der Waals surface area contributed by atoms with Crippen molar-refractivity contribution in [3.63, 3.8) is 0 Å². The minimum atomic E-state index is 0.599. The molecule has 3 N–H and O–H groups in total. The fourth-order valence-corrected chi connectivity index (χ4v) is 2.65. The van der Waals surface area contributed by atoms with Crippen LogP contribution in [0.3, 0.4) is 0 Å². The van der Waals surface area contributed by atoms with Gasteiger partial charge in [-0.1, -0.05) is 24.3 Å². The zero-order chi connectivity index (χ0) is 14.7. The lowest BCUT2D eigenvalue weighted by atomic mass is 10.1. The predicted octanol–water partition coefficient (Wildman–Crippen LogP) is 4.01. The van der Waals surface area contributed by atoms with Gasteiger partial charge in [0.1, 0.15) is 6.07 Å². The first-order chi connectivity index (χ1) is 10.3. The number of aromatic nitrogens is 1. The van der Waals surface area contributed by atoms with Crippen molar-refractivity contribution in [3.8, 4) is 17.3 Å². The predicted molar refractivity (Wildman–Crippen MR) is 86.4 cm³/mol. The van der Waals surface area contributed by atoms with E-state index in [0.29, 0.717) is 5.56 Å². The van der Waals surface area contributed by atoms with Gasteiger partial charge in [-0.05, 0) is 24.3 Å². The number of hydrogen-bond donors (Lipinski definition) is 2. The van der Waals surface area contributed by atoms with Crippen molar-refractivity contribution < 1.29 is 0 Å². The van der Waals surface area contributed by atoms with Crippen molar-refractivity contribution in [2.24, 2.45) is 0 Å². The lowest BCUT2D eigenvalue weighted by Gasteiger charge is -2.03. The number of nitrogens with one attached hydrogen (secondary N) is 1. The van der Waals surface area contributed by atoms with Crippen LogP contribution in [0.4, 0.5) is 16.5 Å². The van der Waals surface area contributed by atoms with Gasteiger partial charge in [-0.2, -0.15) is 5.26 Å². The Morgan fingerprint density at radius 2 is 1.86 bits per heavy atom. The Morgan fingerprint density at radius 1 is 1.10 bits per heavy atom. The highest BCUT2D eigenvalue weighted by molar-refractivity contribution is 7.14. The lowest BCUT2D eigenvalue weighted by molar-refractivity contribution is 1.37. The van der Waals surface area contributed by atoms with Crippen LogP contribution in [0.2, 0.25) is 0 Å². The van der Waals surface area contributed by atoms with E-state index in [-0.39, 0.29) is 0 Å². The van der Waals surface area contributed by atoms with Crippen LogP contribution in [0.15, 0.2) is 53.9 Å². The van der Waals surface area contributed by atoms with Crippen LogP contribution in [-0.4, -0.2) is 4.98 Å². The molecule has 1 aromatic heterocycles. The number of nitrogen functional groups attached to an aromatic ring is 1. The van der Waals surface area contributed by atoms with Gasteiger partial charge in [-0.3, -0.25) is 0 Å². The van der Waals surface area contributed by atoms with Gasteiger partial charge >= 0.3 is 0 Å². The molecule has 21 heavy (non-hydrogen) atoms. The molecular weight excluding hydrogens is 280 g/mol. The van der Waals surface area contributed by atoms with Crippen LogP contribution in [-0.2, 0) is 0 Å². The molecule has 5 heteroatoms. The molecule has 0 amide bonds. The van der Waals surface area contributed by atoms with Gasteiger partial charge < -0.3 is 11.1 Å². The van der Waals surface area contributed by atoms with Crippen molar-refractivity contribution in [3.05, 3.63) is 59.5 Å². The number of para-hydroxylation sites is 1. The Kier molecular flexibility index (Phi) is 3.54. The van der Waals surface area contributed by atoms with Gasteiger partial charge in [0.05, 0.1) is 16.9 Å². The summed E-state index contributed by atoms with van der Waals surface area (Å²) in [6.07, 6.45) is 0. The Hall–Kier alpha value is -2.84. The van der Waals surface area contributed by atoms with Crippen molar-refractivity contribution in [2.75, 3.05) is 11.1 Å². The first-order valence-electron chi connectivity index (χ1n) is 6.34. The third kappa shape index (κ3) is 2.86. The third-order valence-corrected chi connectivity index (χ3v) is 3.76. The molecular formula is C16H12N4S. The molecule has 0 saturated heterocycles. The summed E-state index contributed by atoms with van der Waals surface area (Å²) in [5, 5.41) is 15.0. The molecule has 0 saturated carbocycles. The van der Waals surface area contributed by atoms with E-state index < -0.39 is 0 Å². The van der Waals surface area contributed by atoms with Gasteiger partial charge in [0.2, 0.25) is 0 Å². The van der Waals surface area contributed by atoms with Crippen LogP contribution < -0.4 is 11.1 Å².